The molecule has 2 rings (SSSR count). The summed E-state index contributed by atoms with van der Waals surface area (Å²) < 4.78 is 27.6. The zero-order chi connectivity index (χ0) is 15.6. The Morgan fingerprint density at radius 1 is 1.33 bits per heavy atom. The number of hydrogen-bond donors (Lipinski definition) is 2. The van der Waals surface area contributed by atoms with Crippen molar-refractivity contribution in [1.82, 2.24) is 4.72 Å². The average Bonchev–Trinajstić information content (AvgIpc) is 2.82. The Bertz CT molecular complexity index is 783. The molecule has 2 aromatic rings. The minimum atomic E-state index is -3.79. The van der Waals surface area contributed by atoms with E-state index in [1.54, 1.807) is 12.1 Å². The van der Waals surface area contributed by atoms with Crippen LogP contribution in [0.15, 0.2) is 35.2 Å². The van der Waals surface area contributed by atoms with Crippen molar-refractivity contribution >= 4 is 38.9 Å². The number of sulfonamides is 1. The van der Waals surface area contributed by atoms with E-state index < -0.39 is 16.0 Å². The van der Waals surface area contributed by atoms with E-state index in [2.05, 4.69) is 4.72 Å². The predicted octanol–water partition coefficient (Wildman–Crippen LogP) is 2.89. The summed E-state index contributed by atoms with van der Waals surface area (Å²) in [5.41, 5.74) is 0.179. The minimum Gasteiger partial charge on any atom is -0.478 e. The summed E-state index contributed by atoms with van der Waals surface area (Å²) in [7, 11) is -3.79. The molecular formula is C13H12ClNO4S2. The molecule has 0 aliphatic heterocycles. The van der Waals surface area contributed by atoms with Crippen molar-refractivity contribution in [3.8, 4) is 0 Å². The van der Waals surface area contributed by atoms with Gasteiger partial charge in [0, 0.05) is 11.4 Å². The van der Waals surface area contributed by atoms with Gasteiger partial charge in [-0.2, -0.15) is 0 Å². The Labute approximate surface area is 131 Å². The van der Waals surface area contributed by atoms with Gasteiger partial charge in [-0.15, -0.1) is 11.3 Å². The molecule has 0 aliphatic carbocycles. The van der Waals surface area contributed by atoms with Gasteiger partial charge < -0.3 is 5.11 Å². The normalized spacial score (nSPS) is 11.5. The first-order valence-corrected chi connectivity index (χ1v) is 8.56. The molecule has 0 atom stereocenters. The molecule has 0 saturated heterocycles. The predicted molar refractivity (Wildman–Crippen MR) is 81.5 cm³/mol. The van der Waals surface area contributed by atoms with Crippen LogP contribution in [0.5, 0.6) is 0 Å². The first-order valence-electron chi connectivity index (χ1n) is 5.88. The number of halogens is 1. The van der Waals surface area contributed by atoms with Crippen LogP contribution in [0.2, 0.25) is 4.34 Å². The van der Waals surface area contributed by atoms with E-state index in [9.17, 15) is 13.2 Å². The summed E-state index contributed by atoms with van der Waals surface area (Å²) in [4.78, 5) is 11.8. The lowest BCUT2D eigenvalue weighted by Crippen LogP contribution is -2.24. The van der Waals surface area contributed by atoms with E-state index in [-0.39, 0.29) is 22.6 Å². The molecule has 8 heteroatoms. The highest BCUT2D eigenvalue weighted by molar-refractivity contribution is 7.89. The van der Waals surface area contributed by atoms with E-state index in [0.29, 0.717) is 4.34 Å². The van der Waals surface area contributed by atoms with Gasteiger partial charge in [0.05, 0.1) is 14.8 Å². The number of carbonyl (C=O) groups is 1. The molecule has 1 heterocycles. The lowest BCUT2D eigenvalue weighted by atomic mass is 10.1. The maximum Gasteiger partial charge on any atom is 0.335 e. The van der Waals surface area contributed by atoms with Gasteiger partial charge in [-0.05, 0) is 36.8 Å². The van der Waals surface area contributed by atoms with Crippen molar-refractivity contribution in [2.24, 2.45) is 0 Å². The number of thiophene rings is 1. The van der Waals surface area contributed by atoms with Crippen LogP contribution in [-0.2, 0) is 16.6 Å². The zero-order valence-electron chi connectivity index (χ0n) is 11.0. The van der Waals surface area contributed by atoms with Crippen LogP contribution in [0.4, 0.5) is 0 Å². The Kier molecular flexibility index (Phi) is 4.67. The van der Waals surface area contributed by atoms with E-state index in [1.165, 1.54) is 36.5 Å². The maximum atomic E-state index is 12.3. The van der Waals surface area contributed by atoms with E-state index in [1.807, 2.05) is 0 Å². The largest absolute Gasteiger partial charge is 0.478 e. The Hall–Kier alpha value is -1.41. The van der Waals surface area contributed by atoms with Gasteiger partial charge in [-0.1, -0.05) is 17.7 Å². The van der Waals surface area contributed by atoms with Gasteiger partial charge in [0.25, 0.3) is 0 Å². The molecule has 1 aromatic carbocycles. The third kappa shape index (κ3) is 3.62. The van der Waals surface area contributed by atoms with Gasteiger partial charge in [0.15, 0.2) is 0 Å². The van der Waals surface area contributed by atoms with E-state index in [4.69, 9.17) is 16.7 Å². The number of benzene rings is 1. The molecule has 1 aromatic heterocycles. The van der Waals surface area contributed by atoms with Crippen molar-refractivity contribution in [3.05, 3.63) is 50.7 Å². The highest BCUT2D eigenvalue weighted by atomic mass is 35.5. The molecule has 0 unspecified atom stereocenters. The highest BCUT2D eigenvalue weighted by Crippen LogP contribution is 2.23. The second kappa shape index (κ2) is 6.15. The average molecular weight is 346 g/mol. The van der Waals surface area contributed by atoms with Crippen molar-refractivity contribution in [3.63, 3.8) is 0 Å². The monoisotopic (exact) mass is 345 g/mol. The number of hydrogen-bond acceptors (Lipinski definition) is 4. The standard InChI is InChI=1S/C13H12ClNO4S2/c1-8-10(13(16)17)3-2-4-11(8)21(18,19)15-7-9-5-6-12(14)20-9/h2-6,15H,7H2,1H3,(H,16,17). The molecule has 0 saturated carbocycles. The van der Waals surface area contributed by atoms with Gasteiger partial charge >= 0.3 is 5.97 Å². The molecule has 112 valence electrons. The smallest absolute Gasteiger partial charge is 0.335 e. The summed E-state index contributed by atoms with van der Waals surface area (Å²) in [5.74, 6) is -1.16. The van der Waals surface area contributed by atoms with E-state index in [0.717, 1.165) is 4.88 Å². The third-order valence-corrected chi connectivity index (χ3v) is 5.65. The second-order valence-corrected chi connectivity index (χ2v) is 7.80. The van der Waals surface area contributed by atoms with Gasteiger partial charge in [-0.25, -0.2) is 17.9 Å². The molecule has 0 amide bonds. The molecule has 2 N–H and O–H groups in total. The molecule has 0 bridgehead atoms. The topological polar surface area (TPSA) is 83.5 Å². The van der Waals surface area contributed by atoms with Crippen LogP contribution >= 0.6 is 22.9 Å². The molecule has 0 spiro atoms. The van der Waals surface area contributed by atoms with Crippen LogP contribution in [0.25, 0.3) is 0 Å². The van der Waals surface area contributed by atoms with Gasteiger partial charge in [0.2, 0.25) is 10.0 Å². The molecule has 21 heavy (non-hydrogen) atoms. The van der Waals surface area contributed by atoms with Gasteiger partial charge in [0.1, 0.15) is 0 Å². The third-order valence-electron chi connectivity index (χ3n) is 2.87. The van der Waals surface area contributed by atoms with Crippen molar-refractivity contribution in [2.75, 3.05) is 0 Å². The molecular weight excluding hydrogens is 334 g/mol. The lowest BCUT2D eigenvalue weighted by Gasteiger charge is -2.10. The van der Waals surface area contributed by atoms with Crippen molar-refractivity contribution < 1.29 is 18.3 Å². The van der Waals surface area contributed by atoms with Crippen LogP contribution in [0.1, 0.15) is 20.8 Å². The van der Waals surface area contributed by atoms with Crippen LogP contribution in [0.3, 0.4) is 0 Å². The Morgan fingerprint density at radius 3 is 2.62 bits per heavy atom. The van der Waals surface area contributed by atoms with Gasteiger partial charge in [-0.3, -0.25) is 0 Å². The van der Waals surface area contributed by atoms with Crippen LogP contribution in [0, 0.1) is 6.92 Å². The van der Waals surface area contributed by atoms with E-state index >= 15 is 0 Å². The first kappa shape index (κ1) is 16.0. The molecule has 0 aliphatic rings. The lowest BCUT2D eigenvalue weighted by molar-refractivity contribution is 0.0696. The number of nitrogens with one attached hydrogen (secondary N) is 1. The fourth-order valence-corrected chi connectivity index (χ4v) is 4.22. The van der Waals surface area contributed by atoms with Crippen molar-refractivity contribution in [1.29, 1.82) is 0 Å². The second-order valence-electron chi connectivity index (χ2n) is 4.26. The Balaban J connectivity index is 2.27. The molecule has 0 fully saturated rings. The summed E-state index contributed by atoms with van der Waals surface area (Å²) in [6.07, 6.45) is 0. The highest BCUT2D eigenvalue weighted by Gasteiger charge is 2.20. The quantitative estimate of drug-likeness (QED) is 0.872. The summed E-state index contributed by atoms with van der Waals surface area (Å²) in [6.45, 7) is 1.58. The van der Waals surface area contributed by atoms with Crippen molar-refractivity contribution in [2.45, 2.75) is 18.4 Å². The number of aromatic carboxylic acids is 1. The molecule has 5 nitrogen and oxygen atoms in total. The Morgan fingerprint density at radius 2 is 2.05 bits per heavy atom. The summed E-state index contributed by atoms with van der Waals surface area (Å²) in [5, 5.41) is 9.04. The van der Waals surface area contributed by atoms with Crippen LogP contribution in [-0.4, -0.2) is 19.5 Å². The molecule has 0 radical (unpaired) electrons. The number of carboxylic acids is 1. The van der Waals surface area contributed by atoms with Crippen LogP contribution < -0.4 is 4.72 Å². The fourth-order valence-electron chi connectivity index (χ4n) is 1.83. The number of carboxylic acid groups (broad SMARTS) is 1. The summed E-state index contributed by atoms with van der Waals surface area (Å²) >= 11 is 7.06. The fraction of sp³-hybridized carbons (Fsp3) is 0.154. The minimum absolute atomic E-state index is 0.0305. The maximum absolute atomic E-state index is 12.3. The number of rotatable bonds is 5. The summed E-state index contributed by atoms with van der Waals surface area (Å²) in [6, 6.07) is 7.58. The first-order chi connectivity index (χ1) is 9.81. The zero-order valence-corrected chi connectivity index (χ0v) is 13.3. The SMILES string of the molecule is Cc1c(C(=O)O)cccc1S(=O)(=O)NCc1ccc(Cl)s1.